The van der Waals surface area contributed by atoms with Crippen LogP contribution in [-0.4, -0.2) is 66.6 Å². The van der Waals surface area contributed by atoms with Gasteiger partial charge in [-0.1, -0.05) is 13.0 Å². The average Bonchev–Trinajstić information content (AvgIpc) is 3.44. The van der Waals surface area contributed by atoms with Crippen molar-refractivity contribution in [2.45, 2.75) is 69.6 Å². The van der Waals surface area contributed by atoms with E-state index in [2.05, 4.69) is 84.5 Å². The standard InChI is InChI=1S/C32H41N7O2/c1-30(2)18-25-31(3,20-41-30)24-19-34-29(35-22-7-9-23(10-8-22)38-14-16-40-17-15-38)37-28(24)39(25)26-11-6-21-12-13-32(4,33-5)27(21)36-26/h6-11,19,25,33H,12-18,20H2,1-5H3,(H,34,35,37)/t25-,31-,32-/m1/s1. The molecule has 3 aliphatic heterocycles. The van der Waals surface area contributed by atoms with Gasteiger partial charge in [-0.3, -0.25) is 0 Å². The van der Waals surface area contributed by atoms with Crippen LogP contribution in [0, 0.1) is 0 Å². The molecule has 0 spiro atoms. The van der Waals surface area contributed by atoms with Gasteiger partial charge in [-0.25, -0.2) is 9.97 Å². The summed E-state index contributed by atoms with van der Waals surface area (Å²) in [5.41, 5.74) is 5.14. The molecule has 41 heavy (non-hydrogen) atoms. The lowest BCUT2D eigenvalue weighted by Gasteiger charge is -2.46. The van der Waals surface area contributed by atoms with Crippen LogP contribution >= 0.6 is 0 Å². The Kier molecular flexibility index (Phi) is 6.26. The zero-order valence-electron chi connectivity index (χ0n) is 24.8. The van der Waals surface area contributed by atoms with Crippen LogP contribution in [0.5, 0.6) is 0 Å². The SMILES string of the molecule is CN[C@]1(C)CCc2ccc(N3c4nc(Nc5ccc(N6CCOCC6)cc5)ncc4[C@@]4(C)COC(C)(C)C[C@@H]34)nc21. The second-order valence-electron chi connectivity index (χ2n) is 13.0. The Balaban J connectivity index is 1.25. The quantitative estimate of drug-likeness (QED) is 0.461. The Hall–Kier alpha value is -3.27. The van der Waals surface area contributed by atoms with Gasteiger partial charge in [0, 0.05) is 41.6 Å². The molecule has 2 fully saturated rings. The van der Waals surface area contributed by atoms with Crippen LogP contribution in [0.15, 0.2) is 42.6 Å². The number of pyridine rings is 1. The maximum atomic E-state index is 6.39. The number of hydrogen-bond donors (Lipinski definition) is 2. The normalized spacial score (nSPS) is 28.3. The van der Waals surface area contributed by atoms with Crippen LogP contribution in [0.1, 0.15) is 57.4 Å². The molecule has 2 aromatic heterocycles. The fraction of sp³-hybridized carbons (Fsp3) is 0.531. The highest BCUT2D eigenvalue weighted by Gasteiger charge is 2.55. The summed E-state index contributed by atoms with van der Waals surface area (Å²) in [7, 11) is 2.03. The molecular formula is C32H41N7O2. The van der Waals surface area contributed by atoms with Crippen LogP contribution in [0.25, 0.3) is 0 Å². The summed E-state index contributed by atoms with van der Waals surface area (Å²) in [5, 5.41) is 6.98. The van der Waals surface area contributed by atoms with E-state index < -0.39 is 0 Å². The second kappa shape index (κ2) is 9.64. The summed E-state index contributed by atoms with van der Waals surface area (Å²) in [6.07, 6.45) is 4.95. The van der Waals surface area contributed by atoms with E-state index in [9.17, 15) is 0 Å². The Labute approximate surface area is 242 Å². The average molecular weight is 556 g/mol. The molecule has 0 unspecified atom stereocenters. The van der Waals surface area contributed by atoms with Gasteiger partial charge >= 0.3 is 0 Å². The van der Waals surface area contributed by atoms with E-state index in [0.29, 0.717) is 12.6 Å². The molecule has 216 valence electrons. The number of aromatic nitrogens is 3. The molecule has 1 aromatic carbocycles. The number of hydrogen-bond acceptors (Lipinski definition) is 9. The predicted molar refractivity (Wildman–Crippen MR) is 162 cm³/mol. The first-order valence-electron chi connectivity index (χ1n) is 14.9. The Morgan fingerprint density at radius 2 is 1.76 bits per heavy atom. The fourth-order valence-corrected chi connectivity index (χ4v) is 7.00. The van der Waals surface area contributed by atoms with Crippen molar-refractivity contribution in [3.8, 4) is 0 Å². The first-order chi connectivity index (χ1) is 19.7. The van der Waals surface area contributed by atoms with Gasteiger partial charge in [0.25, 0.3) is 0 Å². The molecule has 4 aliphatic rings. The molecule has 0 amide bonds. The minimum Gasteiger partial charge on any atom is -0.378 e. The molecule has 7 rings (SSSR count). The largest absolute Gasteiger partial charge is 0.378 e. The van der Waals surface area contributed by atoms with Crippen LogP contribution < -0.4 is 20.4 Å². The van der Waals surface area contributed by atoms with Crippen molar-refractivity contribution in [2.75, 3.05) is 55.1 Å². The lowest BCUT2D eigenvalue weighted by Crippen LogP contribution is -2.54. The molecule has 0 saturated carbocycles. The molecule has 9 nitrogen and oxygen atoms in total. The highest BCUT2D eigenvalue weighted by Crippen LogP contribution is 2.53. The number of ether oxygens (including phenoxy) is 2. The van der Waals surface area contributed by atoms with Crippen LogP contribution in [0.2, 0.25) is 0 Å². The van der Waals surface area contributed by atoms with E-state index in [4.69, 9.17) is 24.4 Å². The maximum absolute atomic E-state index is 6.39. The van der Waals surface area contributed by atoms with Crippen LogP contribution in [0.3, 0.4) is 0 Å². The number of aryl methyl sites for hydroxylation is 1. The van der Waals surface area contributed by atoms with Crippen LogP contribution in [-0.2, 0) is 26.8 Å². The number of fused-ring (bicyclic) bond motifs is 4. The third kappa shape index (κ3) is 4.45. The number of anilines is 5. The minimum absolute atomic E-state index is 0.127. The van der Waals surface area contributed by atoms with Crippen molar-refractivity contribution in [2.24, 2.45) is 0 Å². The molecule has 0 radical (unpaired) electrons. The zero-order chi connectivity index (χ0) is 28.4. The summed E-state index contributed by atoms with van der Waals surface area (Å²) in [4.78, 5) is 20.0. The van der Waals surface area contributed by atoms with E-state index in [1.807, 2.05) is 13.2 Å². The van der Waals surface area contributed by atoms with Gasteiger partial charge < -0.3 is 29.9 Å². The van der Waals surface area contributed by atoms with Gasteiger partial charge in [0.05, 0.1) is 42.7 Å². The molecular weight excluding hydrogens is 514 g/mol. The topological polar surface area (TPSA) is 87.7 Å². The van der Waals surface area contributed by atoms with Gasteiger partial charge in [-0.05, 0) is 83.0 Å². The van der Waals surface area contributed by atoms with E-state index in [-0.39, 0.29) is 22.6 Å². The molecule has 3 aromatic rings. The number of benzene rings is 1. The van der Waals surface area contributed by atoms with Crippen molar-refractivity contribution in [3.05, 3.63) is 59.4 Å². The molecule has 2 N–H and O–H groups in total. The van der Waals surface area contributed by atoms with Gasteiger partial charge in [0.1, 0.15) is 11.6 Å². The fourth-order valence-electron chi connectivity index (χ4n) is 7.00. The molecule has 1 aliphatic carbocycles. The number of nitrogens with one attached hydrogen (secondary N) is 2. The monoisotopic (exact) mass is 555 g/mol. The van der Waals surface area contributed by atoms with E-state index in [0.717, 1.165) is 74.1 Å². The van der Waals surface area contributed by atoms with Crippen molar-refractivity contribution < 1.29 is 9.47 Å². The van der Waals surface area contributed by atoms with Gasteiger partial charge in [0.15, 0.2) is 0 Å². The first kappa shape index (κ1) is 26.6. The van der Waals surface area contributed by atoms with Crippen molar-refractivity contribution in [3.63, 3.8) is 0 Å². The lowest BCUT2D eigenvalue weighted by atomic mass is 9.73. The molecule has 5 heterocycles. The second-order valence-corrected chi connectivity index (χ2v) is 13.0. The van der Waals surface area contributed by atoms with Crippen molar-refractivity contribution in [1.29, 1.82) is 0 Å². The highest BCUT2D eigenvalue weighted by molar-refractivity contribution is 5.71. The molecule has 3 atom stereocenters. The summed E-state index contributed by atoms with van der Waals surface area (Å²) in [6, 6.07) is 13.1. The van der Waals surface area contributed by atoms with E-state index in [1.165, 1.54) is 11.3 Å². The number of morpholine rings is 1. The highest BCUT2D eigenvalue weighted by atomic mass is 16.5. The predicted octanol–water partition coefficient (Wildman–Crippen LogP) is 4.81. The minimum atomic E-state index is -0.240. The Morgan fingerprint density at radius 3 is 2.51 bits per heavy atom. The maximum Gasteiger partial charge on any atom is 0.229 e. The zero-order valence-corrected chi connectivity index (χ0v) is 24.8. The first-order valence-corrected chi connectivity index (χ1v) is 14.9. The summed E-state index contributed by atoms with van der Waals surface area (Å²) in [5.74, 6) is 2.44. The Morgan fingerprint density at radius 1 is 0.976 bits per heavy atom. The smallest absolute Gasteiger partial charge is 0.229 e. The third-order valence-corrected chi connectivity index (χ3v) is 9.79. The van der Waals surface area contributed by atoms with E-state index in [1.54, 1.807) is 0 Å². The molecule has 0 bridgehead atoms. The van der Waals surface area contributed by atoms with E-state index >= 15 is 0 Å². The van der Waals surface area contributed by atoms with Gasteiger partial charge in [-0.15, -0.1) is 0 Å². The van der Waals surface area contributed by atoms with Gasteiger partial charge in [-0.2, -0.15) is 4.98 Å². The molecule has 9 heteroatoms. The molecule has 2 saturated heterocycles. The van der Waals surface area contributed by atoms with Gasteiger partial charge in [0.2, 0.25) is 5.95 Å². The Bertz CT molecular complexity index is 1450. The lowest BCUT2D eigenvalue weighted by molar-refractivity contribution is -0.0893. The number of rotatable bonds is 5. The third-order valence-electron chi connectivity index (χ3n) is 9.79. The summed E-state index contributed by atoms with van der Waals surface area (Å²) in [6.45, 7) is 12.9. The van der Waals surface area contributed by atoms with Crippen molar-refractivity contribution in [1.82, 2.24) is 20.3 Å². The van der Waals surface area contributed by atoms with Crippen molar-refractivity contribution >= 4 is 29.0 Å². The summed E-state index contributed by atoms with van der Waals surface area (Å²) < 4.78 is 11.9. The number of nitrogens with zero attached hydrogens (tertiary/aromatic N) is 5. The van der Waals surface area contributed by atoms with Crippen LogP contribution in [0.4, 0.5) is 29.0 Å². The summed E-state index contributed by atoms with van der Waals surface area (Å²) >= 11 is 0.